The lowest BCUT2D eigenvalue weighted by atomic mass is 10.1. The third-order valence-electron chi connectivity index (χ3n) is 4.38. The summed E-state index contributed by atoms with van der Waals surface area (Å²) in [6.07, 6.45) is 1.64. The third kappa shape index (κ3) is 3.06. The van der Waals surface area contributed by atoms with Gasteiger partial charge >= 0.3 is 0 Å². The minimum absolute atomic E-state index is 0.130. The van der Waals surface area contributed by atoms with Gasteiger partial charge in [0.05, 0.1) is 17.0 Å². The molecule has 1 amide bonds. The van der Waals surface area contributed by atoms with Gasteiger partial charge in [0.2, 0.25) is 0 Å². The highest BCUT2D eigenvalue weighted by Gasteiger charge is 2.35. The van der Waals surface area contributed by atoms with E-state index in [9.17, 15) is 13.6 Å². The number of amides is 1. The number of pyridine rings is 1. The van der Waals surface area contributed by atoms with Crippen molar-refractivity contribution < 1.29 is 13.6 Å². The van der Waals surface area contributed by atoms with Crippen LogP contribution in [0.4, 0.5) is 8.78 Å². The maximum atomic E-state index is 13.8. The van der Waals surface area contributed by atoms with Crippen molar-refractivity contribution in [2.45, 2.75) is 6.04 Å². The zero-order chi connectivity index (χ0) is 19.0. The van der Waals surface area contributed by atoms with Crippen LogP contribution in [-0.2, 0) is 4.79 Å². The van der Waals surface area contributed by atoms with Gasteiger partial charge in [-0.05, 0) is 30.2 Å². The summed E-state index contributed by atoms with van der Waals surface area (Å²) in [5, 5.41) is 5.24. The quantitative estimate of drug-likeness (QED) is 0.519. The van der Waals surface area contributed by atoms with Crippen LogP contribution < -0.4 is 0 Å². The smallest absolute Gasteiger partial charge is 0.282 e. The van der Waals surface area contributed by atoms with Crippen molar-refractivity contribution in [2.24, 2.45) is 0 Å². The van der Waals surface area contributed by atoms with Crippen LogP contribution in [0.25, 0.3) is 11.0 Å². The Morgan fingerprint density at radius 2 is 1.96 bits per heavy atom. The van der Waals surface area contributed by atoms with Crippen LogP contribution >= 0.6 is 0 Å². The number of hydrogen-bond donors (Lipinski definition) is 0. The van der Waals surface area contributed by atoms with Crippen LogP contribution in [0.2, 0.25) is 0 Å². The van der Waals surface area contributed by atoms with E-state index < -0.39 is 17.6 Å². The van der Waals surface area contributed by atoms with E-state index in [1.807, 2.05) is 6.07 Å². The van der Waals surface area contributed by atoms with Gasteiger partial charge in [0.1, 0.15) is 11.5 Å². The standard InChI is InChI=1S/C20H14F2N4O/c1-13(21)20(27)25-11-15(12-25)26-19-16(6-4-10-23-19)18(24-26)9-8-14-5-2-3-7-17(14)22/h2-7,10,15H,1,11-12H2. The van der Waals surface area contributed by atoms with E-state index in [1.54, 1.807) is 35.1 Å². The van der Waals surface area contributed by atoms with Crippen LogP contribution in [0.1, 0.15) is 17.3 Å². The van der Waals surface area contributed by atoms with E-state index in [2.05, 4.69) is 28.5 Å². The summed E-state index contributed by atoms with van der Waals surface area (Å²) in [5.74, 6) is 3.61. The fourth-order valence-corrected chi connectivity index (χ4v) is 2.96. The number of fused-ring (bicyclic) bond motifs is 1. The molecule has 3 aromatic rings. The first-order valence-electron chi connectivity index (χ1n) is 8.28. The average molecular weight is 364 g/mol. The summed E-state index contributed by atoms with van der Waals surface area (Å²) in [5.41, 5.74) is 1.37. The zero-order valence-corrected chi connectivity index (χ0v) is 14.2. The molecule has 0 saturated carbocycles. The Labute approximate surface area is 153 Å². The average Bonchev–Trinajstić information content (AvgIpc) is 2.98. The highest BCUT2D eigenvalue weighted by Crippen LogP contribution is 2.27. The molecule has 0 bridgehead atoms. The molecule has 0 aliphatic carbocycles. The molecule has 0 spiro atoms. The third-order valence-corrected chi connectivity index (χ3v) is 4.38. The molecule has 1 saturated heterocycles. The molecule has 1 aliphatic heterocycles. The highest BCUT2D eigenvalue weighted by molar-refractivity contribution is 5.91. The number of hydrogen-bond acceptors (Lipinski definition) is 3. The molecule has 0 N–H and O–H groups in total. The minimum atomic E-state index is -0.978. The predicted octanol–water partition coefficient (Wildman–Crippen LogP) is 2.84. The molecule has 1 aromatic carbocycles. The Bertz CT molecular complexity index is 1120. The second-order valence-electron chi connectivity index (χ2n) is 6.17. The Morgan fingerprint density at radius 3 is 2.70 bits per heavy atom. The second kappa shape index (κ2) is 6.65. The first kappa shape index (κ1) is 16.9. The van der Waals surface area contributed by atoms with Gasteiger partial charge in [-0.15, -0.1) is 0 Å². The molecule has 134 valence electrons. The molecule has 7 heteroatoms. The molecular formula is C20H14F2N4O. The largest absolute Gasteiger partial charge is 0.332 e. The normalized spacial score (nSPS) is 13.8. The minimum Gasteiger partial charge on any atom is -0.332 e. The Hall–Kier alpha value is -3.53. The van der Waals surface area contributed by atoms with Gasteiger partial charge in [-0.25, -0.2) is 18.4 Å². The van der Waals surface area contributed by atoms with Crippen LogP contribution in [0, 0.1) is 17.7 Å². The van der Waals surface area contributed by atoms with Crippen molar-refractivity contribution in [3.8, 4) is 11.8 Å². The van der Waals surface area contributed by atoms with E-state index in [1.165, 1.54) is 11.0 Å². The van der Waals surface area contributed by atoms with Crippen molar-refractivity contribution in [1.29, 1.82) is 0 Å². The number of carbonyl (C=O) groups excluding carboxylic acids is 1. The van der Waals surface area contributed by atoms with Crippen LogP contribution in [0.5, 0.6) is 0 Å². The monoisotopic (exact) mass is 364 g/mol. The lowest BCUT2D eigenvalue weighted by Gasteiger charge is -2.38. The fraction of sp³-hybridized carbons (Fsp3) is 0.150. The van der Waals surface area contributed by atoms with E-state index >= 15 is 0 Å². The van der Waals surface area contributed by atoms with Gasteiger partial charge in [0.25, 0.3) is 5.91 Å². The first-order valence-corrected chi connectivity index (χ1v) is 8.28. The van der Waals surface area contributed by atoms with E-state index in [-0.39, 0.29) is 11.6 Å². The topological polar surface area (TPSA) is 51.0 Å². The molecule has 27 heavy (non-hydrogen) atoms. The number of carbonyl (C=O) groups is 1. The summed E-state index contributed by atoms with van der Waals surface area (Å²) < 4.78 is 28.4. The summed E-state index contributed by atoms with van der Waals surface area (Å²) in [6, 6.07) is 9.73. The summed E-state index contributed by atoms with van der Waals surface area (Å²) in [4.78, 5) is 17.3. The van der Waals surface area contributed by atoms with Crippen molar-refractivity contribution >= 4 is 16.9 Å². The molecule has 4 rings (SSSR count). The Morgan fingerprint density at radius 1 is 1.19 bits per heavy atom. The van der Waals surface area contributed by atoms with E-state index in [0.29, 0.717) is 24.4 Å². The van der Waals surface area contributed by atoms with Crippen molar-refractivity contribution in [2.75, 3.05) is 13.1 Å². The molecule has 2 aromatic heterocycles. The summed E-state index contributed by atoms with van der Waals surface area (Å²) in [7, 11) is 0. The van der Waals surface area contributed by atoms with E-state index in [4.69, 9.17) is 0 Å². The lowest BCUT2D eigenvalue weighted by Crippen LogP contribution is -2.51. The Balaban J connectivity index is 1.66. The molecule has 0 radical (unpaired) electrons. The number of likely N-dealkylation sites (tertiary alicyclic amines) is 1. The number of rotatable bonds is 2. The van der Waals surface area contributed by atoms with Gasteiger partial charge in [-0.2, -0.15) is 5.10 Å². The number of aromatic nitrogens is 3. The van der Waals surface area contributed by atoms with Gasteiger partial charge in [-0.3, -0.25) is 4.79 Å². The first-order chi connectivity index (χ1) is 13.0. The molecular weight excluding hydrogens is 350 g/mol. The summed E-state index contributed by atoms with van der Waals surface area (Å²) >= 11 is 0. The SMILES string of the molecule is C=C(F)C(=O)N1CC(n2nc(C#Cc3ccccc3F)c3cccnc32)C1. The predicted molar refractivity (Wildman–Crippen MR) is 95.8 cm³/mol. The van der Waals surface area contributed by atoms with Gasteiger partial charge in [-0.1, -0.05) is 24.6 Å². The van der Waals surface area contributed by atoms with Gasteiger partial charge < -0.3 is 4.90 Å². The van der Waals surface area contributed by atoms with Crippen molar-refractivity contribution in [1.82, 2.24) is 19.7 Å². The van der Waals surface area contributed by atoms with Crippen LogP contribution in [0.3, 0.4) is 0 Å². The maximum absolute atomic E-state index is 13.8. The fourth-order valence-electron chi connectivity index (χ4n) is 2.96. The maximum Gasteiger partial charge on any atom is 0.282 e. The number of benzene rings is 1. The second-order valence-corrected chi connectivity index (χ2v) is 6.17. The molecule has 1 fully saturated rings. The Kier molecular flexibility index (Phi) is 4.16. The van der Waals surface area contributed by atoms with Gasteiger partial charge in [0, 0.05) is 19.3 Å². The summed E-state index contributed by atoms with van der Waals surface area (Å²) in [6.45, 7) is 3.66. The number of nitrogens with zero attached hydrogens (tertiary/aromatic N) is 4. The van der Waals surface area contributed by atoms with Crippen molar-refractivity contribution in [3.05, 3.63) is 72.1 Å². The molecule has 5 nitrogen and oxygen atoms in total. The van der Waals surface area contributed by atoms with Crippen LogP contribution in [-0.4, -0.2) is 38.7 Å². The molecule has 1 aliphatic rings. The molecule has 3 heterocycles. The van der Waals surface area contributed by atoms with E-state index in [0.717, 1.165) is 5.39 Å². The highest BCUT2D eigenvalue weighted by atomic mass is 19.1. The van der Waals surface area contributed by atoms with Gasteiger partial charge in [0.15, 0.2) is 11.5 Å². The molecule has 0 atom stereocenters. The lowest BCUT2D eigenvalue weighted by molar-refractivity contribution is -0.134. The number of halogens is 2. The zero-order valence-electron chi connectivity index (χ0n) is 14.2. The molecule has 0 unspecified atom stereocenters. The van der Waals surface area contributed by atoms with Crippen LogP contribution in [0.15, 0.2) is 55.0 Å². The van der Waals surface area contributed by atoms with Crippen molar-refractivity contribution in [3.63, 3.8) is 0 Å².